The molecular weight excluding hydrogens is 887 g/mol. The van der Waals surface area contributed by atoms with Gasteiger partial charge in [0, 0.05) is 6.20 Å². The summed E-state index contributed by atoms with van der Waals surface area (Å²) in [6, 6.07) is 12.7. The number of carbonyl (C=O) groups excluding carboxylic acids is 2. The molecule has 0 spiro atoms. The van der Waals surface area contributed by atoms with Crippen molar-refractivity contribution in [2.45, 2.75) is 24.4 Å². The topological polar surface area (TPSA) is 253 Å². The highest BCUT2D eigenvalue weighted by Crippen LogP contribution is 2.35. The molecular formula is C40H28F6N14O6. The van der Waals surface area contributed by atoms with E-state index >= 15 is 0 Å². The van der Waals surface area contributed by atoms with Gasteiger partial charge in [-0.05, 0) is 59.7 Å². The lowest BCUT2D eigenvalue weighted by atomic mass is 10.0. The molecule has 0 aliphatic rings. The Balaban J connectivity index is 0.000000166. The summed E-state index contributed by atoms with van der Waals surface area (Å²) in [5.74, 6) is -0.461. The first-order chi connectivity index (χ1) is 31.5. The summed E-state index contributed by atoms with van der Waals surface area (Å²) in [5, 5.41) is 17.8. The Hall–Kier alpha value is -8.84. The van der Waals surface area contributed by atoms with Gasteiger partial charge in [0.25, 0.3) is 0 Å². The highest BCUT2D eigenvalue weighted by molar-refractivity contribution is 5.92. The van der Waals surface area contributed by atoms with Crippen LogP contribution in [0.3, 0.4) is 0 Å². The fourth-order valence-corrected chi connectivity index (χ4v) is 6.96. The normalized spacial score (nSPS) is 13.0. The van der Waals surface area contributed by atoms with E-state index in [2.05, 4.69) is 40.3 Å². The number of fused-ring (bicyclic) bond motifs is 6. The second-order valence-corrected chi connectivity index (χ2v) is 14.0. The van der Waals surface area contributed by atoms with Gasteiger partial charge in [-0.1, -0.05) is 24.3 Å². The molecule has 0 aliphatic carbocycles. The molecule has 0 saturated carbocycles. The summed E-state index contributed by atoms with van der Waals surface area (Å²) in [6.07, 6.45) is -3.45. The molecule has 4 N–H and O–H groups in total. The molecule has 2 atom stereocenters. The van der Waals surface area contributed by atoms with Crippen molar-refractivity contribution in [2.75, 3.05) is 25.7 Å². The van der Waals surface area contributed by atoms with Crippen molar-refractivity contribution in [3.63, 3.8) is 0 Å². The molecule has 0 saturated heterocycles. The summed E-state index contributed by atoms with van der Waals surface area (Å²) < 4.78 is 105. The molecule has 20 nitrogen and oxygen atoms in total. The number of nitrogens with two attached hydrogens (primary N) is 2. The Morgan fingerprint density at radius 3 is 1.67 bits per heavy atom. The van der Waals surface area contributed by atoms with Crippen LogP contribution in [0.1, 0.15) is 34.3 Å². The Morgan fingerprint density at radius 1 is 0.636 bits per heavy atom. The van der Waals surface area contributed by atoms with Crippen LogP contribution in [-0.4, -0.2) is 84.9 Å². The van der Waals surface area contributed by atoms with Gasteiger partial charge in [0.1, 0.15) is 0 Å². The van der Waals surface area contributed by atoms with Crippen molar-refractivity contribution < 1.29 is 54.2 Å². The zero-order valence-electron chi connectivity index (χ0n) is 33.6. The number of hydrogen-bond donors (Lipinski definition) is 2. The molecule has 66 heavy (non-hydrogen) atoms. The van der Waals surface area contributed by atoms with Crippen molar-refractivity contribution in [1.29, 1.82) is 0 Å². The maximum absolute atomic E-state index is 13.3. The fourth-order valence-electron chi connectivity index (χ4n) is 6.96. The number of furan rings is 2. The highest BCUT2D eigenvalue weighted by atomic mass is 19.4. The zero-order chi connectivity index (χ0) is 46.7. The van der Waals surface area contributed by atoms with Crippen LogP contribution in [-0.2, 0) is 31.4 Å². The molecule has 10 aromatic rings. The van der Waals surface area contributed by atoms with Crippen LogP contribution in [0.2, 0.25) is 0 Å². The third kappa shape index (κ3) is 7.57. The lowest BCUT2D eigenvalue weighted by molar-refractivity contribution is -0.144. The predicted molar refractivity (Wildman–Crippen MR) is 216 cm³/mol. The first kappa shape index (κ1) is 42.5. The number of rotatable bonds is 8. The van der Waals surface area contributed by atoms with Gasteiger partial charge in [-0.2, -0.15) is 55.5 Å². The first-order valence-electron chi connectivity index (χ1n) is 18.9. The molecule has 0 fully saturated rings. The van der Waals surface area contributed by atoms with E-state index in [1.165, 1.54) is 62.9 Å². The van der Waals surface area contributed by atoms with Gasteiger partial charge < -0.3 is 29.8 Å². The Morgan fingerprint density at radius 2 is 1.15 bits per heavy atom. The number of esters is 2. The van der Waals surface area contributed by atoms with Crippen molar-refractivity contribution in [2.24, 2.45) is 0 Å². The predicted octanol–water partition coefficient (Wildman–Crippen LogP) is 6.19. The number of ether oxygens (including phenoxy) is 2. The van der Waals surface area contributed by atoms with Gasteiger partial charge in [0.2, 0.25) is 23.5 Å². The Kier molecular flexibility index (Phi) is 10.3. The molecule has 26 heteroatoms. The number of carbonyl (C=O) groups is 2. The average Bonchev–Trinajstić information content (AvgIpc) is 4.15. The summed E-state index contributed by atoms with van der Waals surface area (Å²) >= 11 is 0. The van der Waals surface area contributed by atoms with Crippen molar-refractivity contribution in [1.82, 2.24) is 58.7 Å². The number of benzene rings is 2. The standard InChI is InChI=1S/2C20H14F3N7O3/c1-32-18(31)14(10-4-2-5-11(8-10)20(21,22)23)29-17-12(9-25-29)16-26-15(13-6-3-7-33-13)28-30(16)19(24)27-17;1-32-18(31)14(10-4-2-5-11(8-10)20(21,22)23)29-9-12-15(27-29)26-19(24)30-17(12)25-16(28-30)13-6-3-7-33-13/h2-9,14H,1H3,(H2,24,27);2-9,14H,1H3,(H2,24,26,27). The van der Waals surface area contributed by atoms with Crippen molar-refractivity contribution >= 4 is 57.2 Å². The van der Waals surface area contributed by atoms with Gasteiger partial charge in [-0.3, -0.25) is 4.68 Å². The minimum atomic E-state index is -4.60. The molecule has 336 valence electrons. The number of aromatic nitrogens is 12. The van der Waals surface area contributed by atoms with E-state index in [9.17, 15) is 35.9 Å². The molecule has 8 heterocycles. The molecule has 10 rings (SSSR count). The van der Waals surface area contributed by atoms with E-state index in [0.717, 1.165) is 43.2 Å². The number of anilines is 2. The number of hydrogen-bond acceptors (Lipinski definition) is 16. The van der Waals surface area contributed by atoms with E-state index in [-0.39, 0.29) is 57.3 Å². The van der Waals surface area contributed by atoms with Gasteiger partial charge >= 0.3 is 24.3 Å². The summed E-state index contributed by atoms with van der Waals surface area (Å²) in [4.78, 5) is 42.5. The van der Waals surface area contributed by atoms with Crippen LogP contribution in [0.5, 0.6) is 0 Å². The van der Waals surface area contributed by atoms with Gasteiger partial charge in [-0.15, -0.1) is 10.2 Å². The van der Waals surface area contributed by atoms with E-state index < -0.39 is 47.5 Å². The fraction of sp³-hybridized carbons (Fsp3) is 0.150. The Labute approximate surface area is 363 Å². The molecule has 2 aromatic carbocycles. The maximum Gasteiger partial charge on any atom is 0.416 e. The number of alkyl halides is 6. The van der Waals surface area contributed by atoms with Crippen LogP contribution < -0.4 is 11.5 Å². The smallest absolute Gasteiger partial charge is 0.416 e. The second kappa shape index (κ2) is 16.1. The molecule has 2 unspecified atom stereocenters. The quantitative estimate of drug-likeness (QED) is 0.127. The summed E-state index contributed by atoms with van der Waals surface area (Å²) in [5.41, 5.74) is 11.1. The van der Waals surface area contributed by atoms with Crippen LogP contribution in [0.4, 0.5) is 38.2 Å². The number of nitrogen functional groups attached to an aromatic ring is 2. The lowest BCUT2D eigenvalue weighted by Gasteiger charge is -2.18. The minimum Gasteiger partial charge on any atom is -0.467 e. The van der Waals surface area contributed by atoms with Crippen molar-refractivity contribution in [3.8, 4) is 23.2 Å². The van der Waals surface area contributed by atoms with Crippen LogP contribution in [0.25, 0.3) is 56.5 Å². The average molecular weight is 915 g/mol. The number of halogens is 6. The zero-order valence-corrected chi connectivity index (χ0v) is 33.6. The third-order valence-corrected chi connectivity index (χ3v) is 9.95. The van der Waals surface area contributed by atoms with E-state index in [0.29, 0.717) is 22.3 Å². The summed E-state index contributed by atoms with van der Waals surface area (Å²) in [7, 11) is 2.26. The van der Waals surface area contributed by atoms with E-state index in [1.54, 1.807) is 24.3 Å². The SMILES string of the molecule is COC(=O)C(c1cccc(C(F)(F)F)c1)n1cc2c(nc(N)n3nc(-c4ccco4)nc23)n1.COC(=O)C(c1cccc(C(F)(F)F)c1)n1ncc2c1nc(N)n1nc(-c3ccco3)nc21. The van der Waals surface area contributed by atoms with Crippen LogP contribution in [0, 0.1) is 0 Å². The van der Waals surface area contributed by atoms with Crippen LogP contribution in [0.15, 0.2) is 107 Å². The Bertz CT molecular complexity index is 3360. The first-order valence-corrected chi connectivity index (χ1v) is 18.9. The summed E-state index contributed by atoms with van der Waals surface area (Å²) in [6.45, 7) is 0. The van der Waals surface area contributed by atoms with Gasteiger partial charge in [0.15, 0.2) is 46.2 Å². The monoisotopic (exact) mass is 914 g/mol. The maximum atomic E-state index is 13.3. The number of nitrogens with zero attached hydrogens (tertiary/aromatic N) is 12. The van der Waals surface area contributed by atoms with Gasteiger partial charge in [-0.25, -0.2) is 24.2 Å². The number of methoxy groups -OCH3 is 2. The minimum absolute atomic E-state index is 0.0136. The second-order valence-electron chi connectivity index (χ2n) is 14.0. The molecule has 8 aromatic heterocycles. The molecule has 0 bridgehead atoms. The third-order valence-electron chi connectivity index (χ3n) is 9.95. The highest BCUT2D eigenvalue weighted by Gasteiger charge is 2.35. The van der Waals surface area contributed by atoms with E-state index in [1.807, 2.05) is 0 Å². The van der Waals surface area contributed by atoms with E-state index in [4.69, 9.17) is 29.8 Å². The lowest BCUT2D eigenvalue weighted by Crippen LogP contribution is -2.24. The van der Waals surface area contributed by atoms with Gasteiger partial charge in [0.05, 0.1) is 54.8 Å². The van der Waals surface area contributed by atoms with Crippen molar-refractivity contribution in [3.05, 3.63) is 120 Å². The largest absolute Gasteiger partial charge is 0.467 e. The molecule has 0 radical (unpaired) electrons. The van der Waals surface area contributed by atoms with Crippen LogP contribution >= 0.6 is 0 Å². The molecule has 0 amide bonds. The molecule has 0 aliphatic heterocycles.